The van der Waals surface area contributed by atoms with Crippen LogP contribution >= 0.6 is 25.3 Å². The van der Waals surface area contributed by atoms with Gasteiger partial charge in [0, 0.05) is 11.5 Å². The van der Waals surface area contributed by atoms with Crippen molar-refractivity contribution in [3.63, 3.8) is 0 Å². The van der Waals surface area contributed by atoms with Crippen LogP contribution in [0, 0.1) is 5.41 Å². The minimum atomic E-state index is -0.498. The molecule has 0 spiro atoms. The monoisotopic (exact) mass is 207 g/mol. The maximum absolute atomic E-state index is 11.1. The fourth-order valence-electron chi connectivity index (χ4n) is 1.00. The molecule has 0 saturated heterocycles. The normalized spacial score (nSPS) is 11.6. The Balaban J connectivity index is 4.25. The fraction of sp³-hybridized carbons (Fsp3) is 0.875. The number of primary amides is 1. The minimum absolute atomic E-state index is 0.277. The molecule has 0 aromatic carbocycles. The molecule has 0 saturated carbocycles. The van der Waals surface area contributed by atoms with Gasteiger partial charge in [-0.25, -0.2) is 0 Å². The molecule has 0 aliphatic rings. The van der Waals surface area contributed by atoms with Crippen LogP contribution in [-0.2, 0) is 4.79 Å². The third-order valence-electron chi connectivity index (χ3n) is 2.14. The zero-order valence-electron chi connectivity index (χ0n) is 7.42. The molecule has 0 aromatic rings. The highest BCUT2D eigenvalue weighted by molar-refractivity contribution is 7.81. The van der Waals surface area contributed by atoms with Gasteiger partial charge in [0.25, 0.3) is 0 Å². The second kappa shape index (κ2) is 5.75. The van der Waals surface area contributed by atoms with Crippen LogP contribution in [0.25, 0.3) is 0 Å². The summed E-state index contributed by atoms with van der Waals surface area (Å²) < 4.78 is 0. The maximum Gasteiger partial charge on any atom is 0.225 e. The molecule has 0 aliphatic carbocycles. The molecule has 12 heavy (non-hydrogen) atoms. The highest BCUT2D eigenvalue weighted by Gasteiger charge is 2.32. The van der Waals surface area contributed by atoms with Gasteiger partial charge in [-0.1, -0.05) is 19.8 Å². The molecule has 4 heteroatoms. The number of rotatable bonds is 6. The fourth-order valence-corrected chi connectivity index (χ4v) is 2.03. The highest BCUT2D eigenvalue weighted by Crippen LogP contribution is 2.27. The molecule has 2 nitrogen and oxygen atoms in total. The number of carbonyl (C=O) groups is 1. The molecule has 0 aliphatic heterocycles. The lowest BCUT2D eigenvalue weighted by Crippen LogP contribution is -2.40. The predicted molar refractivity (Wildman–Crippen MR) is 58.9 cm³/mol. The van der Waals surface area contributed by atoms with Crippen molar-refractivity contribution in [2.75, 3.05) is 11.5 Å². The summed E-state index contributed by atoms with van der Waals surface area (Å²) in [4.78, 5) is 11.1. The van der Waals surface area contributed by atoms with Gasteiger partial charge >= 0.3 is 0 Å². The molecule has 0 rings (SSSR count). The van der Waals surface area contributed by atoms with E-state index in [2.05, 4.69) is 32.2 Å². The second-order valence-electron chi connectivity index (χ2n) is 3.06. The Labute approximate surface area is 85.1 Å². The Kier molecular flexibility index (Phi) is 5.84. The molecule has 0 unspecified atom stereocenters. The highest BCUT2D eigenvalue weighted by atomic mass is 32.1. The lowest BCUT2D eigenvalue weighted by atomic mass is 9.86. The van der Waals surface area contributed by atoms with Gasteiger partial charge in [-0.05, 0) is 6.42 Å². The quantitative estimate of drug-likeness (QED) is 0.568. The molecular formula is C8H17NOS2. The molecule has 0 fully saturated rings. The van der Waals surface area contributed by atoms with Crippen LogP contribution in [0.4, 0.5) is 0 Å². The zero-order valence-corrected chi connectivity index (χ0v) is 9.20. The summed E-state index contributed by atoms with van der Waals surface area (Å²) in [5.41, 5.74) is 4.80. The summed E-state index contributed by atoms with van der Waals surface area (Å²) in [6.07, 6.45) is 2.87. The van der Waals surface area contributed by atoms with Crippen molar-refractivity contribution in [3.8, 4) is 0 Å². The van der Waals surface area contributed by atoms with Crippen molar-refractivity contribution < 1.29 is 4.79 Å². The average molecular weight is 207 g/mol. The van der Waals surface area contributed by atoms with Crippen LogP contribution in [0.3, 0.4) is 0 Å². The van der Waals surface area contributed by atoms with Gasteiger partial charge in [-0.2, -0.15) is 25.3 Å². The lowest BCUT2D eigenvalue weighted by Gasteiger charge is -2.26. The molecule has 0 radical (unpaired) electrons. The number of carbonyl (C=O) groups excluding carboxylic acids is 1. The molecule has 2 N–H and O–H groups in total. The standard InChI is InChI=1S/C8H17NOS2/c1-2-3-4-8(5-11,6-12)7(9)10/h11-12H,2-6H2,1H3,(H2,9,10). The first kappa shape index (κ1) is 12.2. The largest absolute Gasteiger partial charge is 0.369 e. The van der Waals surface area contributed by atoms with Crippen LogP contribution in [-0.4, -0.2) is 17.4 Å². The van der Waals surface area contributed by atoms with Gasteiger partial charge in [0.2, 0.25) is 5.91 Å². The first-order valence-corrected chi connectivity index (χ1v) is 5.41. The molecule has 1 amide bonds. The van der Waals surface area contributed by atoms with Crippen LogP contribution in [0.1, 0.15) is 26.2 Å². The number of nitrogens with two attached hydrogens (primary N) is 1. The predicted octanol–water partition coefficient (Wildman–Crippen LogP) is 1.51. The zero-order chi connectivity index (χ0) is 9.61. The van der Waals surface area contributed by atoms with Gasteiger partial charge in [0.05, 0.1) is 5.41 Å². The summed E-state index contributed by atoms with van der Waals surface area (Å²) in [7, 11) is 0. The van der Waals surface area contributed by atoms with E-state index in [0.29, 0.717) is 11.5 Å². The van der Waals surface area contributed by atoms with Gasteiger partial charge in [-0.3, -0.25) is 4.79 Å². The molecule has 0 atom stereocenters. The molecular weight excluding hydrogens is 190 g/mol. The second-order valence-corrected chi connectivity index (χ2v) is 3.70. The third-order valence-corrected chi connectivity index (χ3v) is 3.35. The van der Waals surface area contributed by atoms with Crippen molar-refractivity contribution in [1.82, 2.24) is 0 Å². The number of unbranched alkanes of at least 4 members (excludes halogenated alkanes) is 1. The minimum Gasteiger partial charge on any atom is -0.369 e. The van der Waals surface area contributed by atoms with Crippen LogP contribution in [0.5, 0.6) is 0 Å². The Morgan fingerprint density at radius 1 is 1.42 bits per heavy atom. The van der Waals surface area contributed by atoms with E-state index in [1.807, 2.05) is 0 Å². The molecule has 0 bridgehead atoms. The molecule has 0 heterocycles. The van der Waals surface area contributed by atoms with Crippen LogP contribution < -0.4 is 5.73 Å². The number of hydrogen-bond donors (Lipinski definition) is 3. The average Bonchev–Trinajstić information content (AvgIpc) is 2.07. The van der Waals surface area contributed by atoms with Crippen LogP contribution in [0.2, 0.25) is 0 Å². The SMILES string of the molecule is CCCCC(CS)(CS)C(N)=O. The number of hydrogen-bond acceptors (Lipinski definition) is 3. The summed E-state index contributed by atoms with van der Waals surface area (Å²) in [5.74, 6) is 0.707. The van der Waals surface area contributed by atoms with Crippen molar-refractivity contribution in [2.24, 2.45) is 11.1 Å². The number of amides is 1. The summed E-state index contributed by atoms with van der Waals surface area (Å²) in [5, 5.41) is 0. The van der Waals surface area contributed by atoms with Crippen molar-refractivity contribution in [3.05, 3.63) is 0 Å². The molecule has 72 valence electrons. The van der Waals surface area contributed by atoms with E-state index < -0.39 is 5.41 Å². The Hall–Kier alpha value is 0.170. The summed E-state index contributed by atoms with van der Waals surface area (Å²) in [6.45, 7) is 2.09. The first-order chi connectivity index (χ1) is 5.63. The van der Waals surface area contributed by atoms with Crippen LogP contribution in [0.15, 0.2) is 0 Å². The first-order valence-electron chi connectivity index (χ1n) is 4.14. The van der Waals surface area contributed by atoms with Gasteiger partial charge in [-0.15, -0.1) is 0 Å². The maximum atomic E-state index is 11.1. The van der Waals surface area contributed by atoms with E-state index in [1.165, 1.54) is 0 Å². The van der Waals surface area contributed by atoms with Crippen molar-refractivity contribution >= 4 is 31.2 Å². The molecule has 0 aromatic heterocycles. The van der Waals surface area contributed by atoms with E-state index in [9.17, 15) is 4.79 Å². The summed E-state index contributed by atoms with van der Waals surface area (Å²) in [6, 6.07) is 0. The smallest absolute Gasteiger partial charge is 0.225 e. The number of thiol groups is 2. The Morgan fingerprint density at radius 3 is 2.17 bits per heavy atom. The van der Waals surface area contributed by atoms with Gasteiger partial charge in [0.1, 0.15) is 0 Å². The van der Waals surface area contributed by atoms with Crippen molar-refractivity contribution in [2.45, 2.75) is 26.2 Å². The van der Waals surface area contributed by atoms with Gasteiger partial charge in [0.15, 0.2) is 0 Å². The summed E-state index contributed by atoms with van der Waals surface area (Å²) >= 11 is 8.29. The van der Waals surface area contributed by atoms with E-state index in [0.717, 1.165) is 19.3 Å². The van der Waals surface area contributed by atoms with E-state index in [4.69, 9.17) is 5.73 Å². The van der Waals surface area contributed by atoms with E-state index in [1.54, 1.807) is 0 Å². The van der Waals surface area contributed by atoms with Crippen molar-refractivity contribution in [1.29, 1.82) is 0 Å². The lowest BCUT2D eigenvalue weighted by molar-refractivity contribution is -0.125. The third kappa shape index (κ3) is 2.90. The Morgan fingerprint density at radius 2 is 1.92 bits per heavy atom. The van der Waals surface area contributed by atoms with E-state index in [-0.39, 0.29) is 5.91 Å². The van der Waals surface area contributed by atoms with E-state index >= 15 is 0 Å². The topological polar surface area (TPSA) is 43.1 Å². The Bertz CT molecular complexity index is 146. The van der Waals surface area contributed by atoms with Gasteiger partial charge < -0.3 is 5.73 Å².